The van der Waals surface area contributed by atoms with Gasteiger partial charge in [0.2, 0.25) is 6.41 Å². The fourth-order valence-electron chi connectivity index (χ4n) is 3.00. The molecule has 1 amide bonds. The predicted molar refractivity (Wildman–Crippen MR) is 124 cm³/mol. The fraction of sp³-hybridized carbons (Fsp3) is 0.375. The lowest BCUT2D eigenvalue weighted by molar-refractivity contribution is -0.142. The number of hydrogen-bond acceptors (Lipinski definition) is 5. The molecule has 0 saturated heterocycles. The third kappa shape index (κ3) is 7.77. The number of methoxy groups -OCH3 is 1. The van der Waals surface area contributed by atoms with Crippen molar-refractivity contribution in [1.82, 2.24) is 4.57 Å². The van der Waals surface area contributed by atoms with E-state index in [1.807, 2.05) is 32.9 Å². The van der Waals surface area contributed by atoms with Gasteiger partial charge in [-0.2, -0.15) is 0 Å². The number of ketones is 1. The Morgan fingerprint density at radius 1 is 1.23 bits per heavy atom. The van der Waals surface area contributed by atoms with Crippen LogP contribution in [-0.2, 0) is 27.3 Å². The van der Waals surface area contributed by atoms with E-state index in [0.717, 1.165) is 23.0 Å². The maximum atomic E-state index is 12.4. The number of primary amides is 1. The molecule has 0 fully saturated rings. The number of benzene rings is 1. The summed E-state index contributed by atoms with van der Waals surface area (Å²) in [5.74, 6) is 0.0637. The van der Waals surface area contributed by atoms with Crippen molar-refractivity contribution in [3.63, 3.8) is 0 Å². The van der Waals surface area contributed by atoms with Crippen LogP contribution in [0.4, 0.5) is 0 Å². The zero-order valence-corrected chi connectivity index (χ0v) is 19.4. The molecule has 0 aliphatic rings. The van der Waals surface area contributed by atoms with Gasteiger partial charge < -0.3 is 19.8 Å². The Morgan fingerprint density at radius 3 is 2.26 bits per heavy atom. The number of esters is 1. The molecule has 0 saturated carbocycles. The minimum Gasteiger partial charge on any atom is -0.481 e. The van der Waals surface area contributed by atoms with Crippen molar-refractivity contribution in [3.05, 3.63) is 53.8 Å². The molecule has 0 aliphatic carbocycles. The van der Waals surface area contributed by atoms with Crippen molar-refractivity contribution < 1.29 is 23.9 Å². The van der Waals surface area contributed by atoms with Gasteiger partial charge in [-0.1, -0.05) is 30.7 Å². The fourth-order valence-corrected chi connectivity index (χ4v) is 3.00. The Morgan fingerprint density at radius 2 is 1.81 bits per heavy atom. The van der Waals surface area contributed by atoms with Crippen LogP contribution >= 0.6 is 0 Å². The number of carbonyl (C=O) groups is 3. The molecule has 0 bridgehead atoms. The second kappa shape index (κ2) is 14.6. The van der Waals surface area contributed by atoms with E-state index >= 15 is 0 Å². The molecule has 7 heteroatoms. The van der Waals surface area contributed by atoms with Crippen LogP contribution in [0.25, 0.3) is 10.9 Å². The molecule has 2 aromatic rings. The van der Waals surface area contributed by atoms with Crippen LogP contribution in [0.5, 0.6) is 5.75 Å². The largest absolute Gasteiger partial charge is 0.481 e. The van der Waals surface area contributed by atoms with Gasteiger partial charge in [-0.25, -0.2) is 4.79 Å². The number of fused-ring (bicyclic) bond motifs is 1. The molecule has 31 heavy (non-hydrogen) atoms. The highest BCUT2D eigenvalue weighted by molar-refractivity contribution is 6.10. The maximum absolute atomic E-state index is 12.4. The first kappa shape index (κ1) is 27.6. The summed E-state index contributed by atoms with van der Waals surface area (Å²) in [6.45, 7) is 13.5. The lowest BCUT2D eigenvalue weighted by atomic mass is 10.1. The number of amides is 1. The molecular weight excluding hydrogens is 396 g/mol. The monoisotopic (exact) mass is 430 g/mol. The lowest BCUT2D eigenvalue weighted by Gasteiger charge is -2.11. The van der Waals surface area contributed by atoms with E-state index in [0.29, 0.717) is 17.9 Å². The lowest BCUT2D eigenvalue weighted by Crippen LogP contribution is -2.12. The molecular formula is C24H34N2O5. The molecule has 170 valence electrons. The summed E-state index contributed by atoms with van der Waals surface area (Å²) in [4.78, 5) is 32.4. The third-order valence-corrected chi connectivity index (χ3v) is 4.32. The molecule has 0 radical (unpaired) electrons. The third-order valence-electron chi connectivity index (χ3n) is 4.32. The average Bonchev–Trinajstić information content (AvgIpc) is 3.07. The molecule has 0 aliphatic heterocycles. The number of hydrogen-bond donors (Lipinski definition) is 1. The first-order valence-electron chi connectivity index (χ1n) is 9.96. The maximum Gasteiger partial charge on any atom is 0.343 e. The Hall–Kier alpha value is -3.35. The minimum absolute atomic E-state index is 0.00662. The highest BCUT2D eigenvalue weighted by atomic mass is 16.6. The molecule has 1 heterocycles. The second-order valence-electron chi connectivity index (χ2n) is 6.51. The Kier molecular flexibility index (Phi) is 13.0. The summed E-state index contributed by atoms with van der Waals surface area (Å²) < 4.78 is 12.4. The molecule has 1 aromatic carbocycles. The quantitative estimate of drug-likeness (QED) is 0.307. The van der Waals surface area contributed by atoms with Crippen molar-refractivity contribution in [2.75, 3.05) is 13.7 Å². The minimum atomic E-state index is -0.457. The summed E-state index contributed by atoms with van der Waals surface area (Å²) in [6, 6.07) is 5.64. The van der Waals surface area contributed by atoms with Gasteiger partial charge >= 0.3 is 5.97 Å². The van der Waals surface area contributed by atoms with E-state index in [-0.39, 0.29) is 18.8 Å². The highest BCUT2D eigenvalue weighted by Crippen LogP contribution is 2.35. The van der Waals surface area contributed by atoms with E-state index in [9.17, 15) is 9.59 Å². The first-order chi connectivity index (χ1) is 14.8. The number of nitrogens with zero attached hydrogens (tertiary/aromatic N) is 1. The topological polar surface area (TPSA) is 101 Å². The highest BCUT2D eigenvalue weighted by Gasteiger charge is 2.22. The van der Waals surface area contributed by atoms with Crippen LogP contribution in [0.3, 0.4) is 0 Å². The molecule has 0 spiro atoms. The number of ether oxygens (including phenoxy) is 2. The normalized spacial score (nSPS) is 10.2. The van der Waals surface area contributed by atoms with Crippen LogP contribution in [0, 0.1) is 0 Å². The van der Waals surface area contributed by atoms with Crippen molar-refractivity contribution in [1.29, 1.82) is 0 Å². The summed E-state index contributed by atoms with van der Waals surface area (Å²) in [7, 11) is 1.32. The number of aromatic nitrogens is 1. The number of rotatable bonds is 7. The number of Topliss-reactive ketones (excluding diaryl/α,β-unsaturated/α-hetero) is 1. The van der Waals surface area contributed by atoms with Crippen molar-refractivity contribution >= 4 is 29.1 Å². The van der Waals surface area contributed by atoms with Gasteiger partial charge in [-0.3, -0.25) is 9.59 Å². The van der Waals surface area contributed by atoms with Gasteiger partial charge in [0.1, 0.15) is 5.75 Å². The standard InChI is InChI=1S/C20H25NO4.C3H6.CH3NO/c1-6-13(3)11-21-15(7-2)19(14(4)22)20-16(21)9-8-10-17(20)25-12-18(23)24-5;1-3-2;2-1-3/h6,8-10H,7,11-12H2,1-5H3;3H,1H2,2H3;1H,(H2,2,3)/b13-6+;;. The van der Waals surface area contributed by atoms with Crippen molar-refractivity contribution in [2.24, 2.45) is 5.73 Å². The molecule has 2 rings (SSSR count). The summed E-state index contributed by atoms with van der Waals surface area (Å²) in [5.41, 5.74) is 7.97. The van der Waals surface area contributed by atoms with E-state index in [4.69, 9.17) is 9.53 Å². The number of carbonyl (C=O) groups excluding carboxylic acids is 3. The summed E-state index contributed by atoms with van der Waals surface area (Å²) >= 11 is 0. The van der Waals surface area contributed by atoms with Gasteiger partial charge in [0, 0.05) is 17.8 Å². The van der Waals surface area contributed by atoms with Crippen molar-refractivity contribution in [2.45, 2.75) is 47.6 Å². The molecule has 7 nitrogen and oxygen atoms in total. The smallest absolute Gasteiger partial charge is 0.343 e. The van der Waals surface area contributed by atoms with Gasteiger partial charge in [-0.05, 0) is 46.2 Å². The zero-order chi connectivity index (χ0) is 24.0. The van der Waals surface area contributed by atoms with Gasteiger partial charge in [0.15, 0.2) is 12.4 Å². The van der Waals surface area contributed by atoms with E-state index in [2.05, 4.69) is 34.6 Å². The molecule has 0 unspecified atom stereocenters. The zero-order valence-electron chi connectivity index (χ0n) is 19.4. The Balaban J connectivity index is 0.00000134. The van der Waals surface area contributed by atoms with Crippen LogP contribution in [0.1, 0.15) is 50.7 Å². The van der Waals surface area contributed by atoms with Crippen LogP contribution < -0.4 is 10.5 Å². The first-order valence-corrected chi connectivity index (χ1v) is 9.96. The van der Waals surface area contributed by atoms with Gasteiger partial charge in [-0.15, -0.1) is 6.58 Å². The van der Waals surface area contributed by atoms with E-state index < -0.39 is 5.97 Å². The summed E-state index contributed by atoms with van der Waals surface area (Å²) in [5, 5.41) is 0.764. The Labute approximate surface area is 184 Å². The van der Waals surface area contributed by atoms with Crippen LogP contribution in [0.2, 0.25) is 0 Å². The van der Waals surface area contributed by atoms with Crippen LogP contribution in [-0.4, -0.2) is 36.4 Å². The SMILES string of the molecule is C/C=C(\C)Cn1c(CC)c(C(C)=O)c2c(OCC(=O)OC)cccc21.C=CC.NC=O. The van der Waals surface area contributed by atoms with Gasteiger partial charge in [0.25, 0.3) is 0 Å². The molecule has 0 atom stereocenters. The average molecular weight is 431 g/mol. The number of nitrogens with two attached hydrogens (primary N) is 1. The van der Waals surface area contributed by atoms with Gasteiger partial charge in [0.05, 0.1) is 18.0 Å². The summed E-state index contributed by atoms with van der Waals surface area (Å²) in [6.07, 6.45) is 4.80. The number of allylic oxidation sites excluding steroid dienone is 3. The molecule has 1 aromatic heterocycles. The Bertz CT molecular complexity index is 920. The predicted octanol–water partition coefficient (Wildman–Crippen LogP) is 4.22. The van der Waals surface area contributed by atoms with Crippen molar-refractivity contribution in [3.8, 4) is 5.75 Å². The van der Waals surface area contributed by atoms with E-state index in [1.54, 1.807) is 19.1 Å². The van der Waals surface area contributed by atoms with Crippen LogP contribution in [0.15, 0.2) is 42.5 Å². The second-order valence-corrected chi connectivity index (χ2v) is 6.51. The molecule has 2 N–H and O–H groups in total. The van der Waals surface area contributed by atoms with E-state index in [1.165, 1.54) is 12.7 Å².